The lowest BCUT2D eigenvalue weighted by atomic mass is 9.53. The van der Waals surface area contributed by atoms with Gasteiger partial charge in [0.25, 0.3) is 0 Å². The molecule has 0 bridgehead atoms. The summed E-state index contributed by atoms with van der Waals surface area (Å²) in [5, 5.41) is 0. The molecule has 0 saturated heterocycles. The van der Waals surface area contributed by atoms with Gasteiger partial charge in [0.1, 0.15) is 5.78 Å². The number of ketones is 1. The SMILES string of the molecule is CO/C=C1\CC[C@H]2[C@H](C)C(=O)[C@@]12C=C(C)C. The van der Waals surface area contributed by atoms with E-state index in [-0.39, 0.29) is 11.3 Å². The second kappa shape index (κ2) is 3.76. The summed E-state index contributed by atoms with van der Waals surface area (Å²) in [6.07, 6.45) is 6.05. The van der Waals surface area contributed by atoms with Crippen LogP contribution in [0.1, 0.15) is 33.6 Å². The van der Waals surface area contributed by atoms with Crippen LogP contribution in [0.5, 0.6) is 0 Å². The van der Waals surface area contributed by atoms with Crippen LogP contribution >= 0.6 is 0 Å². The summed E-state index contributed by atoms with van der Waals surface area (Å²) in [7, 11) is 1.66. The quantitative estimate of drug-likeness (QED) is 0.528. The second-order valence-electron chi connectivity index (χ2n) is 5.27. The maximum Gasteiger partial charge on any atom is 0.150 e. The number of carbonyl (C=O) groups is 1. The summed E-state index contributed by atoms with van der Waals surface area (Å²) in [6, 6.07) is 0. The molecule has 2 nitrogen and oxygen atoms in total. The summed E-state index contributed by atoms with van der Waals surface area (Å²) in [5.74, 6) is 1.09. The molecule has 3 atom stereocenters. The molecular weight excluding hydrogens is 200 g/mol. The Morgan fingerprint density at radius 2 is 2.19 bits per heavy atom. The van der Waals surface area contributed by atoms with Gasteiger partial charge >= 0.3 is 0 Å². The van der Waals surface area contributed by atoms with E-state index in [0.717, 1.165) is 12.8 Å². The fourth-order valence-corrected chi connectivity index (χ4v) is 3.46. The van der Waals surface area contributed by atoms with Crippen molar-refractivity contribution in [3.63, 3.8) is 0 Å². The number of hydrogen-bond acceptors (Lipinski definition) is 2. The third kappa shape index (κ3) is 1.28. The maximum absolute atomic E-state index is 12.2. The van der Waals surface area contributed by atoms with Crippen LogP contribution in [0.15, 0.2) is 23.5 Å². The Balaban J connectivity index is 2.45. The highest BCUT2D eigenvalue weighted by atomic mass is 16.5. The van der Waals surface area contributed by atoms with E-state index >= 15 is 0 Å². The Hall–Kier alpha value is -1.05. The third-order valence-corrected chi connectivity index (χ3v) is 4.04. The van der Waals surface area contributed by atoms with E-state index in [1.54, 1.807) is 13.4 Å². The van der Waals surface area contributed by atoms with E-state index in [2.05, 4.69) is 26.8 Å². The average Bonchev–Trinajstić information content (AvgIpc) is 2.54. The van der Waals surface area contributed by atoms with Crippen molar-refractivity contribution in [2.75, 3.05) is 7.11 Å². The van der Waals surface area contributed by atoms with Gasteiger partial charge in [0.15, 0.2) is 0 Å². The van der Waals surface area contributed by atoms with Crippen LogP contribution in [0.25, 0.3) is 0 Å². The first-order valence-corrected chi connectivity index (χ1v) is 5.96. The first-order chi connectivity index (χ1) is 7.54. The number of carbonyl (C=O) groups excluding carboxylic acids is 1. The Labute approximate surface area is 97.4 Å². The van der Waals surface area contributed by atoms with Crippen molar-refractivity contribution in [2.45, 2.75) is 33.6 Å². The molecule has 0 spiro atoms. The van der Waals surface area contributed by atoms with Crippen molar-refractivity contribution in [1.82, 2.24) is 0 Å². The van der Waals surface area contributed by atoms with Gasteiger partial charge in [-0.05, 0) is 38.2 Å². The van der Waals surface area contributed by atoms with Crippen molar-refractivity contribution in [3.05, 3.63) is 23.5 Å². The zero-order valence-electron chi connectivity index (χ0n) is 10.5. The van der Waals surface area contributed by atoms with Crippen molar-refractivity contribution in [3.8, 4) is 0 Å². The Morgan fingerprint density at radius 1 is 1.50 bits per heavy atom. The van der Waals surface area contributed by atoms with E-state index in [1.165, 1.54) is 11.1 Å². The molecule has 0 aromatic heterocycles. The molecule has 0 amide bonds. The molecule has 2 aliphatic rings. The van der Waals surface area contributed by atoms with Crippen LogP contribution in [0.3, 0.4) is 0 Å². The fraction of sp³-hybridized carbons (Fsp3) is 0.643. The van der Waals surface area contributed by atoms with E-state index in [4.69, 9.17) is 4.74 Å². The lowest BCUT2D eigenvalue weighted by molar-refractivity contribution is -0.144. The number of rotatable bonds is 2. The van der Waals surface area contributed by atoms with Gasteiger partial charge < -0.3 is 4.74 Å². The molecule has 88 valence electrons. The standard InChI is InChI=1S/C14H20O2/c1-9(2)7-14-11(8-16-4)5-6-12(14)10(3)13(14)15/h7-8,10,12H,5-6H2,1-4H3/b11-8+/t10-,12-,14-/m0/s1. The van der Waals surface area contributed by atoms with Gasteiger partial charge in [-0.15, -0.1) is 0 Å². The molecule has 16 heavy (non-hydrogen) atoms. The summed E-state index contributed by atoms with van der Waals surface area (Å²) in [6.45, 7) is 6.18. The zero-order valence-corrected chi connectivity index (χ0v) is 10.5. The molecule has 2 aliphatic carbocycles. The number of hydrogen-bond donors (Lipinski definition) is 0. The molecule has 0 radical (unpaired) electrons. The smallest absolute Gasteiger partial charge is 0.150 e. The minimum absolute atomic E-state index is 0.221. The number of fused-ring (bicyclic) bond motifs is 1. The van der Waals surface area contributed by atoms with Gasteiger partial charge in [-0.1, -0.05) is 18.6 Å². The minimum Gasteiger partial charge on any atom is -0.504 e. The first kappa shape index (κ1) is 11.4. The third-order valence-electron chi connectivity index (χ3n) is 4.04. The van der Waals surface area contributed by atoms with Gasteiger partial charge in [0, 0.05) is 5.92 Å². The molecule has 0 N–H and O–H groups in total. The van der Waals surface area contributed by atoms with E-state index in [1.807, 2.05) is 0 Å². The van der Waals surface area contributed by atoms with Gasteiger partial charge in [0.05, 0.1) is 18.8 Å². The number of ether oxygens (including phenoxy) is 1. The molecule has 2 rings (SSSR count). The van der Waals surface area contributed by atoms with Crippen LogP contribution < -0.4 is 0 Å². The zero-order chi connectivity index (χ0) is 11.9. The largest absolute Gasteiger partial charge is 0.504 e. The summed E-state index contributed by atoms with van der Waals surface area (Å²) in [4.78, 5) is 12.2. The fourth-order valence-electron chi connectivity index (χ4n) is 3.46. The highest BCUT2D eigenvalue weighted by Gasteiger charge is 2.63. The van der Waals surface area contributed by atoms with Crippen molar-refractivity contribution >= 4 is 5.78 Å². The summed E-state index contributed by atoms with van der Waals surface area (Å²) >= 11 is 0. The monoisotopic (exact) mass is 220 g/mol. The molecule has 2 saturated carbocycles. The Kier molecular flexibility index (Phi) is 2.69. The summed E-state index contributed by atoms with van der Waals surface area (Å²) in [5.41, 5.74) is 2.08. The predicted octanol–water partition coefficient (Wildman–Crippen LogP) is 3.10. The van der Waals surface area contributed by atoms with Gasteiger partial charge in [0.2, 0.25) is 0 Å². The lowest BCUT2D eigenvalue weighted by Gasteiger charge is -2.47. The van der Waals surface area contributed by atoms with Crippen LogP contribution in [0, 0.1) is 17.3 Å². The Bertz CT molecular complexity index is 374. The maximum atomic E-state index is 12.2. The highest BCUT2D eigenvalue weighted by molar-refractivity contribution is 5.99. The van der Waals surface area contributed by atoms with Crippen molar-refractivity contribution in [2.24, 2.45) is 17.3 Å². The van der Waals surface area contributed by atoms with E-state index < -0.39 is 0 Å². The van der Waals surface area contributed by atoms with Crippen LogP contribution in [-0.2, 0) is 9.53 Å². The van der Waals surface area contributed by atoms with Crippen molar-refractivity contribution in [1.29, 1.82) is 0 Å². The Morgan fingerprint density at radius 3 is 2.75 bits per heavy atom. The van der Waals surface area contributed by atoms with Gasteiger partial charge in [-0.2, -0.15) is 0 Å². The van der Waals surface area contributed by atoms with Crippen LogP contribution in [0.2, 0.25) is 0 Å². The number of methoxy groups -OCH3 is 1. The normalized spacial score (nSPS) is 39.2. The summed E-state index contributed by atoms with van der Waals surface area (Å²) < 4.78 is 5.13. The second-order valence-corrected chi connectivity index (χ2v) is 5.27. The minimum atomic E-state index is -0.311. The molecular formula is C14H20O2. The molecule has 2 fully saturated rings. The molecule has 0 aliphatic heterocycles. The van der Waals surface area contributed by atoms with Gasteiger partial charge in [-0.25, -0.2) is 0 Å². The number of allylic oxidation sites excluding steroid dienone is 3. The molecule has 0 heterocycles. The lowest BCUT2D eigenvalue weighted by Crippen LogP contribution is -2.53. The van der Waals surface area contributed by atoms with E-state index in [0.29, 0.717) is 11.7 Å². The molecule has 2 heteroatoms. The highest BCUT2D eigenvalue weighted by Crippen LogP contribution is 2.61. The molecule has 0 aromatic rings. The van der Waals surface area contributed by atoms with Crippen molar-refractivity contribution < 1.29 is 9.53 Å². The van der Waals surface area contributed by atoms with Crippen LogP contribution in [-0.4, -0.2) is 12.9 Å². The average molecular weight is 220 g/mol. The molecule has 0 unspecified atom stereocenters. The number of Topliss-reactive ketones (excluding diaryl/α,β-unsaturated/α-hetero) is 1. The molecule has 0 aromatic carbocycles. The van der Waals surface area contributed by atoms with Gasteiger partial charge in [-0.3, -0.25) is 4.79 Å². The first-order valence-electron chi connectivity index (χ1n) is 5.96. The van der Waals surface area contributed by atoms with Crippen LogP contribution in [0.4, 0.5) is 0 Å². The topological polar surface area (TPSA) is 26.3 Å². The predicted molar refractivity (Wildman–Crippen MR) is 63.9 cm³/mol. The van der Waals surface area contributed by atoms with E-state index in [9.17, 15) is 4.79 Å².